The Morgan fingerprint density at radius 2 is 1.96 bits per heavy atom. The zero-order valence-corrected chi connectivity index (χ0v) is 15.9. The minimum atomic E-state index is -0.226. The molecule has 0 bridgehead atoms. The van der Waals surface area contributed by atoms with E-state index in [2.05, 4.69) is 15.3 Å². The van der Waals surface area contributed by atoms with E-state index in [9.17, 15) is 9.59 Å². The van der Waals surface area contributed by atoms with Gasteiger partial charge < -0.3 is 14.8 Å². The highest BCUT2D eigenvalue weighted by Crippen LogP contribution is 2.09. The van der Waals surface area contributed by atoms with E-state index >= 15 is 0 Å². The van der Waals surface area contributed by atoms with Crippen molar-refractivity contribution in [3.63, 3.8) is 0 Å². The normalized spacial score (nSPS) is 10.7. The molecular weight excluding hydrogens is 346 g/mol. The molecule has 0 aromatic carbocycles. The standard InChI is InChI=1S/C20H25N3O4/c1-14(2)18(24)11-17-10-16(6-7-21-17)20(25)23-13-15-4-5-19(22-12-15)27-9-8-26-3/h4-7,10,12,14H,8-9,11,13H2,1-3H3,(H,23,25). The van der Waals surface area contributed by atoms with Crippen LogP contribution >= 0.6 is 0 Å². The van der Waals surface area contributed by atoms with Gasteiger partial charge in [0.1, 0.15) is 12.4 Å². The Balaban J connectivity index is 1.89. The summed E-state index contributed by atoms with van der Waals surface area (Å²) in [5, 5.41) is 2.84. The Morgan fingerprint density at radius 1 is 1.15 bits per heavy atom. The molecule has 2 aromatic heterocycles. The Morgan fingerprint density at radius 3 is 2.63 bits per heavy atom. The van der Waals surface area contributed by atoms with Crippen molar-refractivity contribution in [1.29, 1.82) is 0 Å². The van der Waals surface area contributed by atoms with Crippen LogP contribution in [-0.2, 0) is 22.5 Å². The second-order valence-corrected chi connectivity index (χ2v) is 6.36. The van der Waals surface area contributed by atoms with Gasteiger partial charge in [-0.3, -0.25) is 14.6 Å². The van der Waals surface area contributed by atoms with Gasteiger partial charge in [-0.2, -0.15) is 0 Å². The highest BCUT2D eigenvalue weighted by Gasteiger charge is 2.12. The molecule has 7 nitrogen and oxygen atoms in total. The Bertz CT molecular complexity index is 760. The molecule has 1 amide bonds. The third-order valence-electron chi connectivity index (χ3n) is 3.87. The summed E-state index contributed by atoms with van der Waals surface area (Å²) in [4.78, 5) is 32.6. The average molecular weight is 371 g/mol. The topological polar surface area (TPSA) is 90.4 Å². The highest BCUT2D eigenvalue weighted by molar-refractivity contribution is 5.94. The molecule has 0 atom stereocenters. The number of ether oxygens (including phenoxy) is 2. The first-order valence-electron chi connectivity index (χ1n) is 8.82. The van der Waals surface area contributed by atoms with Crippen LogP contribution < -0.4 is 10.1 Å². The van der Waals surface area contributed by atoms with Gasteiger partial charge in [-0.25, -0.2) is 4.98 Å². The zero-order valence-electron chi connectivity index (χ0n) is 15.9. The number of carbonyl (C=O) groups is 2. The number of nitrogens with zero attached hydrogens (tertiary/aromatic N) is 2. The molecule has 7 heteroatoms. The molecule has 0 saturated heterocycles. The number of rotatable bonds is 10. The molecule has 0 aliphatic rings. The molecule has 0 saturated carbocycles. The maximum Gasteiger partial charge on any atom is 0.251 e. The van der Waals surface area contributed by atoms with Crippen molar-refractivity contribution in [3.8, 4) is 5.88 Å². The van der Waals surface area contributed by atoms with Crippen molar-refractivity contribution >= 4 is 11.7 Å². The van der Waals surface area contributed by atoms with E-state index in [-0.39, 0.29) is 24.0 Å². The number of aromatic nitrogens is 2. The van der Waals surface area contributed by atoms with Crippen LogP contribution in [-0.4, -0.2) is 42.0 Å². The predicted octanol–water partition coefficient (Wildman–Crippen LogP) is 2.20. The van der Waals surface area contributed by atoms with E-state index in [4.69, 9.17) is 9.47 Å². The van der Waals surface area contributed by atoms with Gasteiger partial charge in [-0.1, -0.05) is 19.9 Å². The number of hydrogen-bond donors (Lipinski definition) is 1. The van der Waals surface area contributed by atoms with E-state index in [0.29, 0.717) is 36.9 Å². The van der Waals surface area contributed by atoms with Crippen LogP contribution in [0.5, 0.6) is 5.88 Å². The zero-order chi connectivity index (χ0) is 19.6. The summed E-state index contributed by atoms with van der Waals surface area (Å²) in [6.07, 6.45) is 3.43. The molecule has 27 heavy (non-hydrogen) atoms. The van der Waals surface area contributed by atoms with Crippen molar-refractivity contribution in [1.82, 2.24) is 15.3 Å². The lowest BCUT2D eigenvalue weighted by molar-refractivity contribution is -0.121. The molecule has 0 radical (unpaired) electrons. The molecule has 1 N–H and O–H groups in total. The van der Waals surface area contributed by atoms with Crippen molar-refractivity contribution in [2.24, 2.45) is 5.92 Å². The number of ketones is 1. The molecule has 2 heterocycles. The Labute approximate surface area is 159 Å². The summed E-state index contributed by atoms with van der Waals surface area (Å²) >= 11 is 0. The molecule has 0 spiro atoms. The molecule has 2 rings (SSSR count). The predicted molar refractivity (Wildman–Crippen MR) is 101 cm³/mol. The van der Waals surface area contributed by atoms with Crippen LogP contribution in [0.3, 0.4) is 0 Å². The van der Waals surface area contributed by atoms with Gasteiger partial charge >= 0.3 is 0 Å². The summed E-state index contributed by atoms with van der Waals surface area (Å²) in [5.41, 5.74) is 1.93. The van der Waals surface area contributed by atoms with E-state index in [1.807, 2.05) is 19.9 Å². The molecule has 0 aliphatic heterocycles. The molecule has 0 aliphatic carbocycles. The largest absolute Gasteiger partial charge is 0.475 e. The minimum Gasteiger partial charge on any atom is -0.475 e. The molecular formula is C20H25N3O4. The second kappa shape index (κ2) is 10.4. The summed E-state index contributed by atoms with van der Waals surface area (Å²) in [6.45, 7) is 4.97. The van der Waals surface area contributed by atoms with Crippen LogP contribution in [0.4, 0.5) is 0 Å². The average Bonchev–Trinajstić information content (AvgIpc) is 2.67. The lowest BCUT2D eigenvalue weighted by atomic mass is 10.0. The first-order chi connectivity index (χ1) is 13.0. The number of carbonyl (C=O) groups excluding carboxylic acids is 2. The van der Waals surface area contributed by atoms with Crippen LogP contribution in [0.2, 0.25) is 0 Å². The first-order valence-corrected chi connectivity index (χ1v) is 8.82. The SMILES string of the molecule is COCCOc1ccc(CNC(=O)c2ccnc(CC(=O)C(C)C)c2)cn1. The van der Waals surface area contributed by atoms with Crippen LogP contribution in [0.25, 0.3) is 0 Å². The third kappa shape index (κ3) is 6.79. The van der Waals surface area contributed by atoms with Crippen LogP contribution in [0.1, 0.15) is 35.5 Å². The fourth-order valence-electron chi connectivity index (χ4n) is 2.21. The Kier molecular flexibility index (Phi) is 7.88. The number of pyridine rings is 2. The van der Waals surface area contributed by atoms with Gasteiger partial charge in [0.15, 0.2) is 0 Å². The second-order valence-electron chi connectivity index (χ2n) is 6.36. The number of nitrogens with one attached hydrogen (secondary N) is 1. The van der Waals surface area contributed by atoms with Crippen molar-refractivity contribution in [2.75, 3.05) is 20.3 Å². The smallest absolute Gasteiger partial charge is 0.251 e. The van der Waals surface area contributed by atoms with Gasteiger partial charge in [0, 0.05) is 55.7 Å². The van der Waals surface area contributed by atoms with Gasteiger partial charge in [0.05, 0.1) is 6.61 Å². The molecule has 0 unspecified atom stereocenters. The third-order valence-corrected chi connectivity index (χ3v) is 3.87. The van der Waals surface area contributed by atoms with Crippen LogP contribution in [0, 0.1) is 5.92 Å². The lowest BCUT2D eigenvalue weighted by Crippen LogP contribution is -2.23. The first kappa shape index (κ1) is 20.5. The summed E-state index contributed by atoms with van der Waals surface area (Å²) < 4.78 is 10.3. The number of hydrogen-bond acceptors (Lipinski definition) is 6. The van der Waals surface area contributed by atoms with E-state index in [0.717, 1.165) is 5.56 Å². The maximum atomic E-state index is 12.3. The quantitative estimate of drug-likeness (QED) is 0.644. The fraction of sp³-hybridized carbons (Fsp3) is 0.400. The minimum absolute atomic E-state index is 0.0572. The highest BCUT2D eigenvalue weighted by atomic mass is 16.5. The van der Waals surface area contributed by atoms with E-state index in [1.165, 1.54) is 0 Å². The summed E-state index contributed by atoms with van der Waals surface area (Å²) in [5.74, 6) is 0.323. The summed E-state index contributed by atoms with van der Waals surface area (Å²) in [6, 6.07) is 6.87. The fourth-order valence-corrected chi connectivity index (χ4v) is 2.21. The van der Waals surface area contributed by atoms with Gasteiger partial charge in [-0.15, -0.1) is 0 Å². The monoisotopic (exact) mass is 371 g/mol. The number of methoxy groups -OCH3 is 1. The van der Waals surface area contributed by atoms with Gasteiger partial charge in [-0.05, 0) is 17.7 Å². The van der Waals surface area contributed by atoms with Crippen molar-refractivity contribution < 1.29 is 19.1 Å². The van der Waals surface area contributed by atoms with Gasteiger partial charge in [0.25, 0.3) is 5.91 Å². The van der Waals surface area contributed by atoms with Crippen molar-refractivity contribution in [2.45, 2.75) is 26.8 Å². The molecule has 2 aromatic rings. The molecule has 0 fully saturated rings. The van der Waals surface area contributed by atoms with Crippen molar-refractivity contribution in [3.05, 3.63) is 53.5 Å². The van der Waals surface area contributed by atoms with E-state index < -0.39 is 0 Å². The lowest BCUT2D eigenvalue weighted by Gasteiger charge is -2.08. The Hall–Kier alpha value is -2.80. The van der Waals surface area contributed by atoms with E-state index in [1.54, 1.807) is 37.7 Å². The maximum absolute atomic E-state index is 12.3. The van der Waals surface area contributed by atoms with Gasteiger partial charge in [0.2, 0.25) is 5.88 Å². The summed E-state index contributed by atoms with van der Waals surface area (Å²) in [7, 11) is 1.61. The van der Waals surface area contributed by atoms with Crippen LogP contribution in [0.15, 0.2) is 36.7 Å². The number of Topliss-reactive ketones (excluding diaryl/α,β-unsaturated/α-hetero) is 1. The molecule has 144 valence electrons. The number of amides is 1.